The molecular weight excluding hydrogens is 372 g/mol. The summed E-state index contributed by atoms with van der Waals surface area (Å²) in [5, 5.41) is 0. The highest BCUT2D eigenvalue weighted by atomic mass is 32.2. The Labute approximate surface area is 163 Å². The Morgan fingerprint density at radius 1 is 1.31 bits per heavy atom. The predicted molar refractivity (Wildman–Crippen MR) is 106 cm³/mol. The number of hydrogen-bond donors (Lipinski definition) is 1. The number of hydrogen-bond acceptors (Lipinski definition) is 6. The largest absolute Gasteiger partial charge is 0.497 e. The van der Waals surface area contributed by atoms with E-state index in [1.54, 1.807) is 13.2 Å². The van der Waals surface area contributed by atoms with Crippen molar-refractivity contribution in [3.63, 3.8) is 0 Å². The van der Waals surface area contributed by atoms with Crippen LogP contribution in [0.25, 0.3) is 6.08 Å². The maximum Gasteiger partial charge on any atom is 0.307 e. The Kier molecular flexibility index (Phi) is 7.62. The average Bonchev–Trinajstić information content (AvgIpc) is 2.87. The molecule has 140 valence electrons. The van der Waals surface area contributed by atoms with Crippen LogP contribution in [0.4, 0.5) is 0 Å². The van der Waals surface area contributed by atoms with E-state index in [-0.39, 0.29) is 24.8 Å². The van der Waals surface area contributed by atoms with Gasteiger partial charge in [0.25, 0.3) is 5.91 Å². The van der Waals surface area contributed by atoms with E-state index in [0.29, 0.717) is 15.8 Å². The van der Waals surface area contributed by atoms with Crippen molar-refractivity contribution in [2.75, 3.05) is 40.9 Å². The summed E-state index contributed by atoms with van der Waals surface area (Å²) in [4.78, 5) is 27.5. The van der Waals surface area contributed by atoms with Gasteiger partial charge in [0.2, 0.25) is 0 Å². The predicted octanol–water partition coefficient (Wildman–Crippen LogP) is 0.974. The maximum absolute atomic E-state index is 12.5. The summed E-state index contributed by atoms with van der Waals surface area (Å²) in [6.45, 7) is 1.35. The quantitative estimate of drug-likeness (QED) is 0.402. The zero-order valence-electron chi connectivity index (χ0n) is 15.1. The fourth-order valence-electron chi connectivity index (χ4n) is 2.19. The summed E-state index contributed by atoms with van der Waals surface area (Å²) < 4.78 is 10.7. The Balaban J connectivity index is 1.91. The van der Waals surface area contributed by atoms with Crippen molar-refractivity contribution in [3.05, 3.63) is 34.7 Å². The highest BCUT2D eigenvalue weighted by Gasteiger charge is 2.32. The molecule has 1 heterocycles. The molecule has 1 fully saturated rings. The van der Waals surface area contributed by atoms with E-state index < -0.39 is 0 Å². The molecule has 1 N–H and O–H groups in total. The monoisotopic (exact) mass is 395 g/mol. The van der Waals surface area contributed by atoms with Crippen LogP contribution in [0, 0.1) is 0 Å². The summed E-state index contributed by atoms with van der Waals surface area (Å²) >= 11 is 6.52. The maximum atomic E-state index is 12.5. The molecule has 26 heavy (non-hydrogen) atoms. The van der Waals surface area contributed by atoms with Crippen molar-refractivity contribution in [2.45, 2.75) is 6.42 Å². The van der Waals surface area contributed by atoms with Gasteiger partial charge in [-0.1, -0.05) is 36.1 Å². The number of rotatable bonds is 8. The van der Waals surface area contributed by atoms with E-state index >= 15 is 0 Å². The highest BCUT2D eigenvalue weighted by Crippen LogP contribution is 2.32. The number of carbonyl (C=O) groups excluding carboxylic acids is 2. The molecule has 0 saturated carbocycles. The molecule has 0 unspecified atom stereocenters. The average molecular weight is 396 g/mol. The SMILES string of the molecule is COc1ccc(/C=C2/SC(=S)N(CCC(=O)OCC[NH+](C)C)C2=O)cc1. The van der Waals surface area contributed by atoms with E-state index in [1.165, 1.54) is 21.6 Å². The van der Waals surface area contributed by atoms with Crippen molar-refractivity contribution in [3.8, 4) is 5.75 Å². The third-order valence-corrected chi connectivity index (χ3v) is 5.07. The fourth-order valence-corrected chi connectivity index (χ4v) is 3.50. The second-order valence-electron chi connectivity index (χ2n) is 6.03. The second-order valence-corrected chi connectivity index (χ2v) is 7.71. The van der Waals surface area contributed by atoms with Crippen molar-refractivity contribution >= 4 is 46.3 Å². The standard InChI is InChI=1S/C18H22N2O4S2/c1-19(2)10-11-24-16(21)8-9-20-17(22)15(26-18(20)25)12-13-4-6-14(23-3)7-5-13/h4-7,12H,8-11H2,1-3H3/p+1/b15-12+. The number of quaternary nitrogens is 1. The van der Waals surface area contributed by atoms with Gasteiger partial charge < -0.3 is 14.4 Å². The molecule has 0 spiro atoms. The van der Waals surface area contributed by atoms with E-state index in [9.17, 15) is 9.59 Å². The molecule has 1 amide bonds. The number of esters is 1. The highest BCUT2D eigenvalue weighted by molar-refractivity contribution is 8.26. The van der Waals surface area contributed by atoms with Gasteiger partial charge in [0, 0.05) is 6.54 Å². The smallest absolute Gasteiger partial charge is 0.307 e. The summed E-state index contributed by atoms with van der Waals surface area (Å²) in [6, 6.07) is 7.40. The third kappa shape index (κ3) is 5.82. The number of likely N-dealkylation sites (N-methyl/N-ethyl adjacent to an activating group) is 1. The molecule has 1 aromatic carbocycles. The number of carbonyl (C=O) groups is 2. The Bertz CT molecular complexity index is 702. The molecule has 0 bridgehead atoms. The lowest BCUT2D eigenvalue weighted by Crippen LogP contribution is -3.06. The van der Waals surface area contributed by atoms with Crippen LogP contribution in [0.1, 0.15) is 12.0 Å². The van der Waals surface area contributed by atoms with Crippen LogP contribution in [0.2, 0.25) is 0 Å². The lowest BCUT2D eigenvalue weighted by Gasteiger charge is -2.14. The zero-order valence-corrected chi connectivity index (χ0v) is 16.7. The van der Waals surface area contributed by atoms with Crippen LogP contribution in [-0.2, 0) is 14.3 Å². The van der Waals surface area contributed by atoms with Crippen molar-refractivity contribution in [1.82, 2.24) is 4.90 Å². The number of benzene rings is 1. The van der Waals surface area contributed by atoms with Crippen LogP contribution in [0.3, 0.4) is 0 Å². The number of nitrogens with one attached hydrogen (secondary N) is 1. The number of thioether (sulfide) groups is 1. The molecule has 8 heteroatoms. The number of amides is 1. The number of ether oxygens (including phenoxy) is 2. The number of nitrogens with zero attached hydrogens (tertiary/aromatic N) is 1. The molecular formula is C18H23N2O4S2+. The zero-order chi connectivity index (χ0) is 19.1. The summed E-state index contributed by atoms with van der Waals surface area (Å²) in [7, 11) is 5.58. The minimum atomic E-state index is -0.320. The molecule has 1 saturated heterocycles. The molecule has 2 rings (SSSR count). The minimum absolute atomic E-state index is 0.130. The molecule has 1 aromatic rings. The van der Waals surface area contributed by atoms with Crippen LogP contribution in [0.15, 0.2) is 29.2 Å². The van der Waals surface area contributed by atoms with Gasteiger partial charge in [0.1, 0.15) is 23.2 Å². The van der Waals surface area contributed by atoms with Crippen LogP contribution in [-0.4, -0.2) is 62.0 Å². The van der Waals surface area contributed by atoms with Gasteiger partial charge in [-0.05, 0) is 23.8 Å². The van der Waals surface area contributed by atoms with E-state index in [0.717, 1.165) is 17.9 Å². The molecule has 1 aliphatic rings. The first-order chi connectivity index (χ1) is 12.4. The lowest BCUT2D eigenvalue weighted by atomic mass is 10.2. The van der Waals surface area contributed by atoms with Gasteiger partial charge in [-0.2, -0.15) is 0 Å². The van der Waals surface area contributed by atoms with Crippen molar-refractivity contribution in [2.24, 2.45) is 0 Å². The van der Waals surface area contributed by atoms with Crippen LogP contribution >= 0.6 is 24.0 Å². The van der Waals surface area contributed by atoms with E-state index in [1.807, 2.05) is 38.4 Å². The first-order valence-electron chi connectivity index (χ1n) is 8.25. The van der Waals surface area contributed by atoms with E-state index in [4.69, 9.17) is 21.7 Å². The van der Waals surface area contributed by atoms with Crippen LogP contribution < -0.4 is 9.64 Å². The fraction of sp³-hybridized carbons (Fsp3) is 0.389. The summed E-state index contributed by atoms with van der Waals surface area (Å²) in [5.41, 5.74) is 0.886. The summed E-state index contributed by atoms with van der Waals surface area (Å²) in [6.07, 6.45) is 1.92. The molecule has 0 radical (unpaired) electrons. The number of methoxy groups -OCH3 is 1. The molecule has 1 aliphatic heterocycles. The Morgan fingerprint density at radius 3 is 2.62 bits per heavy atom. The van der Waals surface area contributed by atoms with E-state index in [2.05, 4.69) is 0 Å². The topological polar surface area (TPSA) is 60.3 Å². The molecule has 0 aliphatic carbocycles. The lowest BCUT2D eigenvalue weighted by molar-refractivity contribution is -0.858. The minimum Gasteiger partial charge on any atom is -0.497 e. The van der Waals surface area contributed by atoms with Gasteiger partial charge in [-0.15, -0.1) is 0 Å². The Hall–Kier alpha value is -1.90. The van der Waals surface area contributed by atoms with Gasteiger partial charge in [0.15, 0.2) is 0 Å². The molecule has 6 nitrogen and oxygen atoms in total. The van der Waals surface area contributed by atoms with Crippen molar-refractivity contribution in [1.29, 1.82) is 0 Å². The third-order valence-electron chi connectivity index (χ3n) is 3.69. The number of thiocarbonyl (C=S) groups is 1. The van der Waals surface area contributed by atoms with Gasteiger partial charge in [-0.3, -0.25) is 14.5 Å². The molecule has 0 atom stereocenters. The van der Waals surface area contributed by atoms with Gasteiger partial charge in [0.05, 0.1) is 32.5 Å². The Morgan fingerprint density at radius 2 is 2.00 bits per heavy atom. The first kappa shape index (κ1) is 20.4. The van der Waals surface area contributed by atoms with Crippen molar-refractivity contribution < 1.29 is 24.0 Å². The molecule has 0 aromatic heterocycles. The first-order valence-corrected chi connectivity index (χ1v) is 9.47. The summed E-state index contributed by atoms with van der Waals surface area (Å²) in [5.74, 6) is 0.255. The van der Waals surface area contributed by atoms with Gasteiger partial charge in [-0.25, -0.2) is 0 Å². The normalized spacial score (nSPS) is 15.8. The second kappa shape index (κ2) is 9.70. The van der Waals surface area contributed by atoms with Gasteiger partial charge >= 0.3 is 5.97 Å². The van der Waals surface area contributed by atoms with Crippen LogP contribution in [0.5, 0.6) is 5.75 Å².